The summed E-state index contributed by atoms with van der Waals surface area (Å²) >= 11 is 2.88. The van der Waals surface area contributed by atoms with Gasteiger partial charge in [-0.05, 0) is 31.1 Å². The minimum Gasteiger partial charge on any atom is -0.341 e. The lowest BCUT2D eigenvalue weighted by molar-refractivity contribution is -0.123. The highest BCUT2D eigenvalue weighted by Crippen LogP contribution is 2.28. The molecule has 0 spiro atoms. The van der Waals surface area contributed by atoms with Crippen molar-refractivity contribution >= 4 is 46.1 Å². The molecular weight excluding hydrogens is 416 g/mol. The van der Waals surface area contributed by atoms with Gasteiger partial charge in [0.05, 0.1) is 0 Å². The van der Waals surface area contributed by atoms with Crippen LogP contribution >= 0.6 is 23.1 Å². The van der Waals surface area contributed by atoms with Gasteiger partial charge >= 0.3 is 0 Å². The van der Waals surface area contributed by atoms with Gasteiger partial charge in [-0.1, -0.05) is 83.3 Å². The lowest BCUT2D eigenvalue weighted by atomic mass is 10.2. The summed E-state index contributed by atoms with van der Waals surface area (Å²) < 4.78 is 0.772. The first kappa shape index (κ1) is 21.7. The quantitative estimate of drug-likeness (QED) is 0.311. The topological polar surface area (TPSA) is 84.0 Å². The van der Waals surface area contributed by atoms with Crippen molar-refractivity contribution in [1.82, 2.24) is 15.5 Å². The maximum Gasteiger partial charge on any atom is 0.248 e. The molecule has 0 radical (unpaired) electrons. The second kappa shape index (κ2) is 10.7. The number of nitrogens with one attached hydrogen (secondary N) is 2. The number of rotatable bonds is 8. The summed E-state index contributed by atoms with van der Waals surface area (Å²) in [5.74, 6) is 0.0964. The molecule has 0 saturated heterocycles. The Kier molecular flexibility index (Phi) is 7.75. The third kappa shape index (κ3) is 6.82. The molecule has 1 unspecified atom stereocenters. The molecular formula is C22H22N4O2S2. The Morgan fingerprint density at radius 1 is 1.10 bits per heavy atom. The van der Waals surface area contributed by atoms with Gasteiger partial charge in [0.1, 0.15) is 6.04 Å². The number of anilines is 1. The molecule has 0 saturated carbocycles. The molecule has 3 rings (SSSR count). The minimum absolute atomic E-state index is 0.340. The van der Waals surface area contributed by atoms with Crippen LogP contribution in [0.4, 0.5) is 5.13 Å². The van der Waals surface area contributed by atoms with E-state index in [9.17, 15) is 9.59 Å². The summed E-state index contributed by atoms with van der Waals surface area (Å²) in [5, 5.41) is 13.9. The van der Waals surface area contributed by atoms with E-state index in [0.29, 0.717) is 5.13 Å². The lowest BCUT2D eigenvalue weighted by Crippen LogP contribution is -2.40. The molecule has 1 aromatic heterocycles. The first-order valence-electron chi connectivity index (χ1n) is 9.36. The first-order chi connectivity index (χ1) is 14.5. The molecule has 2 aromatic carbocycles. The van der Waals surface area contributed by atoms with E-state index in [0.717, 1.165) is 15.7 Å². The number of amides is 2. The van der Waals surface area contributed by atoms with Gasteiger partial charge in [0.2, 0.25) is 16.9 Å². The third-order valence-corrected chi connectivity index (χ3v) is 6.14. The van der Waals surface area contributed by atoms with Crippen LogP contribution < -0.4 is 10.6 Å². The molecule has 0 fully saturated rings. The van der Waals surface area contributed by atoms with Crippen molar-refractivity contribution < 1.29 is 9.59 Å². The van der Waals surface area contributed by atoms with Gasteiger partial charge in [-0.3, -0.25) is 14.9 Å². The molecule has 1 heterocycles. The number of aryl methyl sites for hydroxylation is 1. The van der Waals surface area contributed by atoms with E-state index in [-0.39, 0.29) is 11.8 Å². The molecule has 2 N–H and O–H groups in total. The zero-order chi connectivity index (χ0) is 21.3. The Hall–Kier alpha value is -2.97. The van der Waals surface area contributed by atoms with Gasteiger partial charge < -0.3 is 5.32 Å². The second-order valence-corrected chi connectivity index (χ2v) is 8.81. The molecule has 0 aliphatic rings. The number of nitrogens with zero attached hydrogens (tertiary/aromatic N) is 2. The molecule has 8 heteroatoms. The SMILES string of the molecule is Cc1ccc(CSc2nnc(NC(=O)C(C)NC(=O)C=Cc3ccccc3)s2)cc1. The Balaban J connectivity index is 1.46. The number of thioether (sulfide) groups is 1. The van der Waals surface area contributed by atoms with Gasteiger partial charge in [0, 0.05) is 11.8 Å². The molecule has 6 nitrogen and oxygen atoms in total. The van der Waals surface area contributed by atoms with Crippen LogP contribution in [0.25, 0.3) is 6.08 Å². The predicted molar refractivity (Wildman–Crippen MR) is 122 cm³/mol. The maximum atomic E-state index is 12.3. The van der Waals surface area contributed by atoms with Crippen LogP contribution in [0.3, 0.4) is 0 Å². The van der Waals surface area contributed by atoms with Gasteiger partial charge in [-0.15, -0.1) is 10.2 Å². The lowest BCUT2D eigenvalue weighted by Gasteiger charge is -2.11. The van der Waals surface area contributed by atoms with Crippen LogP contribution in [0.5, 0.6) is 0 Å². The molecule has 154 valence electrons. The van der Waals surface area contributed by atoms with Crippen LogP contribution in [-0.2, 0) is 15.3 Å². The molecule has 0 bridgehead atoms. The number of carbonyl (C=O) groups is 2. The Morgan fingerprint density at radius 2 is 1.83 bits per heavy atom. The fourth-order valence-electron chi connectivity index (χ4n) is 2.42. The average molecular weight is 439 g/mol. The zero-order valence-corrected chi connectivity index (χ0v) is 18.3. The van der Waals surface area contributed by atoms with Crippen molar-refractivity contribution in [3.8, 4) is 0 Å². The third-order valence-electron chi connectivity index (χ3n) is 4.10. The number of benzene rings is 2. The van der Waals surface area contributed by atoms with E-state index < -0.39 is 6.04 Å². The summed E-state index contributed by atoms with van der Waals surface area (Å²) in [6, 6.07) is 17.1. The number of hydrogen-bond acceptors (Lipinski definition) is 6. The van der Waals surface area contributed by atoms with Crippen molar-refractivity contribution in [3.05, 3.63) is 77.4 Å². The fourth-order valence-corrected chi connectivity index (χ4v) is 4.14. The fraction of sp³-hybridized carbons (Fsp3) is 0.182. The van der Waals surface area contributed by atoms with E-state index in [1.165, 1.54) is 28.5 Å². The highest BCUT2D eigenvalue weighted by Gasteiger charge is 2.16. The first-order valence-corrected chi connectivity index (χ1v) is 11.2. The summed E-state index contributed by atoms with van der Waals surface area (Å²) in [7, 11) is 0. The van der Waals surface area contributed by atoms with Crippen molar-refractivity contribution in [3.63, 3.8) is 0 Å². The van der Waals surface area contributed by atoms with Crippen molar-refractivity contribution in [2.45, 2.75) is 30.0 Å². The summed E-state index contributed by atoms with van der Waals surface area (Å²) in [6.07, 6.45) is 3.10. The van der Waals surface area contributed by atoms with Crippen LogP contribution in [0.15, 0.2) is 65.0 Å². The molecule has 0 aliphatic heterocycles. The molecule has 0 aliphatic carbocycles. The predicted octanol–water partition coefficient (Wildman–Crippen LogP) is 4.30. The largest absolute Gasteiger partial charge is 0.341 e. The minimum atomic E-state index is -0.703. The molecule has 1 atom stereocenters. The van der Waals surface area contributed by atoms with E-state index in [2.05, 4.69) is 52.0 Å². The average Bonchev–Trinajstić information content (AvgIpc) is 3.20. The standard InChI is InChI=1S/C22H22N4O2S2/c1-15-8-10-18(11-9-15)14-29-22-26-25-21(30-22)24-20(28)16(2)23-19(27)13-12-17-6-4-3-5-7-17/h3-13,16H,14H2,1-2H3,(H,23,27)(H,24,25,28). The highest BCUT2D eigenvalue weighted by molar-refractivity contribution is 8.00. The second-order valence-electron chi connectivity index (χ2n) is 6.61. The summed E-state index contributed by atoms with van der Waals surface area (Å²) in [6.45, 7) is 3.68. The molecule has 2 amide bonds. The molecule has 3 aromatic rings. The van der Waals surface area contributed by atoms with Crippen molar-refractivity contribution in [2.75, 3.05) is 5.32 Å². The normalized spacial score (nSPS) is 11.9. The number of carbonyl (C=O) groups excluding carboxylic acids is 2. The van der Waals surface area contributed by atoms with Crippen molar-refractivity contribution in [1.29, 1.82) is 0 Å². The van der Waals surface area contributed by atoms with Crippen LogP contribution in [-0.4, -0.2) is 28.1 Å². The monoisotopic (exact) mass is 438 g/mol. The van der Waals surface area contributed by atoms with Crippen LogP contribution in [0.1, 0.15) is 23.6 Å². The summed E-state index contributed by atoms with van der Waals surface area (Å²) in [4.78, 5) is 24.3. The van der Waals surface area contributed by atoms with Gasteiger partial charge in [0.15, 0.2) is 4.34 Å². The number of aromatic nitrogens is 2. The van der Waals surface area contributed by atoms with Gasteiger partial charge in [0.25, 0.3) is 0 Å². The van der Waals surface area contributed by atoms with Crippen LogP contribution in [0.2, 0.25) is 0 Å². The van der Waals surface area contributed by atoms with Gasteiger partial charge in [-0.2, -0.15) is 0 Å². The maximum absolute atomic E-state index is 12.3. The Morgan fingerprint density at radius 3 is 2.57 bits per heavy atom. The Bertz CT molecular complexity index is 1020. The van der Waals surface area contributed by atoms with Gasteiger partial charge in [-0.25, -0.2) is 0 Å². The van der Waals surface area contributed by atoms with Crippen LogP contribution in [0, 0.1) is 6.92 Å². The Labute approximate surface area is 183 Å². The van der Waals surface area contributed by atoms with E-state index in [1.807, 2.05) is 30.3 Å². The zero-order valence-electron chi connectivity index (χ0n) is 16.7. The van der Waals surface area contributed by atoms with Crippen molar-refractivity contribution in [2.24, 2.45) is 0 Å². The van der Waals surface area contributed by atoms with E-state index in [4.69, 9.17) is 0 Å². The smallest absolute Gasteiger partial charge is 0.248 e. The molecule has 30 heavy (non-hydrogen) atoms. The summed E-state index contributed by atoms with van der Waals surface area (Å²) in [5.41, 5.74) is 3.34. The highest BCUT2D eigenvalue weighted by atomic mass is 32.2. The number of hydrogen-bond donors (Lipinski definition) is 2. The van der Waals surface area contributed by atoms with E-state index >= 15 is 0 Å². The van der Waals surface area contributed by atoms with E-state index in [1.54, 1.807) is 24.8 Å².